The number of nitrogens with zero attached hydrogens (tertiary/aromatic N) is 1. The molecule has 0 aliphatic carbocycles. The van der Waals surface area contributed by atoms with Crippen molar-refractivity contribution in [2.45, 2.75) is 17.5 Å². The van der Waals surface area contributed by atoms with Crippen LogP contribution in [0.25, 0.3) is 11.3 Å². The standard InChI is InChI=1S/C13H8F3NO3S/c14-13(15,16)6-1-2-7-9(5-6)21-4-3-8-10(12(18)19)17-20-11(7)8/h1-2,5H,3-4H2,(H,18,19). The number of aromatic carboxylic acids is 1. The van der Waals surface area contributed by atoms with Crippen molar-refractivity contribution in [1.29, 1.82) is 0 Å². The number of thioether (sulfide) groups is 1. The van der Waals surface area contributed by atoms with E-state index >= 15 is 0 Å². The summed E-state index contributed by atoms with van der Waals surface area (Å²) in [5.74, 6) is -0.510. The molecule has 0 fully saturated rings. The quantitative estimate of drug-likeness (QED) is 0.869. The van der Waals surface area contributed by atoms with E-state index in [4.69, 9.17) is 9.63 Å². The molecule has 0 saturated heterocycles. The number of fused-ring (bicyclic) bond motifs is 3. The summed E-state index contributed by atoms with van der Waals surface area (Å²) >= 11 is 1.24. The maximum atomic E-state index is 12.7. The normalized spacial score (nSPS) is 14.2. The zero-order valence-corrected chi connectivity index (χ0v) is 11.2. The monoisotopic (exact) mass is 315 g/mol. The first-order chi connectivity index (χ1) is 9.88. The summed E-state index contributed by atoms with van der Waals surface area (Å²) in [6.07, 6.45) is -4.04. The van der Waals surface area contributed by atoms with E-state index in [0.717, 1.165) is 12.1 Å². The molecule has 0 bridgehead atoms. The van der Waals surface area contributed by atoms with Crippen LogP contribution in [0, 0.1) is 0 Å². The number of aromatic nitrogens is 1. The lowest BCUT2D eigenvalue weighted by Crippen LogP contribution is -2.04. The summed E-state index contributed by atoms with van der Waals surface area (Å²) in [7, 11) is 0. The van der Waals surface area contributed by atoms with Gasteiger partial charge in [0.15, 0.2) is 11.5 Å². The fraction of sp³-hybridized carbons (Fsp3) is 0.231. The number of hydrogen-bond acceptors (Lipinski definition) is 4. The Hall–Kier alpha value is -1.96. The van der Waals surface area contributed by atoms with Crippen LogP contribution in [0.1, 0.15) is 21.6 Å². The van der Waals surface area contributed by atoms with Gasteiger partial charge in [0.05, 0.1) is 5.56 Å². The van der Waals surface area contributed by atoms with E-state index < -0.39 is 17.7 Å². The molecule has 1 aliphatic rings. The summed E-state index contributed by atoms with van der Waals surface area (Å²) in [4.78, 5) is 11.5. The summed E-state index contributed by atoms with van der Waals surface area (Å²) < 4.78 is 43.3. The van der Waals surface area contributed by atoms with Crippen molar-refractivity contribution >= 4 is 17.7 Å². The zero-order valence-electron chi connectivity index (χ0n) is 10.4. The molecule has 0 radical (unpaired) electrons. The van der Waals surface area contributed by atoms with E-state index in [1.807, 2.05) is 0 Å². The molecule has 0 unspecified atom stereocenters. The van der Waals surface area contributed by atoms with Gasteiger partial charge in [-0.3, -0.25) is 0 Å². The molecule has 0 atom stereocenters. The molecule has 1 aromatic carbocycles. The number of halogens is 3. The Morgan fingerprint density at radius 2 is 2.14 bits per heavy atom. The topological polar surface area (TPSA) is 63.3 Å². The van der Waals surface area contributed by atoms with Crippen LogP contribution in [-0.2, 0) is 12.6 Å². The number of alkyl halides is 3. The van der Waals surface area contributed by atoms with E-state index in [9.17, 15) is 18.0 Å². The lowest BCUT2D eigenvalue weighted by Gasteiger charge is -2.10. The van der Waals surface area contributed by atoms with Crippen LogP contribution in [0.2, 0.25) is 0 Å². The maximum Gasteiger partial charge on any atom is 0.416 e. The Balaban J connectivity index is 2.15. The number of carboxylic acid groups (broad SMARTS) is 1. The van der Waals surface area contributed by atoms with E-state index in [1.54, 1.807) is 0 Å². The smallest absolute Gasteiger partial charge is 0.416 e. The fourth-order valence-electron chi connectivity index (χ4n) is 2.19. The van der Waals surface area contributed by atoms with Crippen molar-refractivity contribution in [1.82, 2.24) is 5.16 Å². The van der Waals surface area contributed by atoms with Gasteiger partial charge in [0.2, 0.25) is 0 Å². The second kappa shape index (κ2) is 4.80. The number of carbonyl (C=O) groups is 1. The van der Waals surface area contributed by atoms with Crippen LogP contribution in [0.5, 0.6) is 0 Å². The SMILES string of the molecule is O=C(O)c1noc2c1CCSc1cc(C(F)(F)F)ccc1-2. The Morgan fingerprint density at radius 3 is 2.81 bits per heavy atom. The minimum atomic E-state index is -4.42. The molecule has 4 nitrogen and oxygen atoms in total. The van der Waals surface area contributed by atoms with Crippen molar-refractivity contribution < 1.29 is 27.6 Å². The third-order valence-electron chi connectivity index (χ3n) is 3.15. The Bertz CT molecular complexity index is 724. The van der Waals surface area contributed by atoms with Gasteiger partial charge in [0, 0.05) is 21.8 Å². The highest BCUT2D eigenvalue weighted by molar-refractivity contribution is 7.99. The molecule has 0 saturated carbocycles. The van der Waals surface area contributed by atoms with E-state index in [0.29, 0.717) is 28.2 Å². The zero-order chi connectivity index (χ0) is 15.2. The number of rotatable bonds is 1. The van der Waals surface area contributed by atoms with Crippen LogP contribution in [0.15, 0.2) is 27.6 Å². The summed E-state index contributed by atoms with van der Waals surface area (Å²) in [5, 5.41) is 12.5. The van der Waals surface area contributed by atoms with Gasteiger partial charge in [-0.2, -0.15) is 13.2 Å². The van der Waals surface area contributed by atoms with Crippen LogP contribution in [-0.4, -0.2) is 22.0 Å². The third-order valence-corrected chi connectivity index (χ3v) is 4.21. The van der Waals surface area contributed by atoms with Crippen LogP contribution < -0.4 is 0 Å². The van der Waals surface area contributed by atoms with Gasteiger partial charge in [-0.05, 0) is 24.6 Å². The summed E-state index contributed by atoms with van der Waals surface area (Å²) in [6.45, 7) is 0. The van der Waals surface area contributed by atoms with Crippen molar-refractivity contribution in [3.05, 3.63) is 35.0 Å². The van der Waals surface area contributed by atoms with E-state index in [2.05, 4.69) is 5.16 Å². The largest absolute Gasteiger partial charge is 0.476 e. The lowest BCUT2D eigenvalue weighted by molar-refractivity contribution is -0.137. The van der Waals surface area contributed by atoms with Gasteiger partial charge in [0.25, 0.3) is 0 Å². The van der Waals surface area contributed by atoms with Crippen molar-refractivity contribution in [3.63, 3.8) is 0 Å². The average Bonchev–Trinajstić information content (AvgIpc) is 2.73. The molecule has 8 heteroatoms. The first-order valence-electron chi connectivity index (χ1n) is 5.94. The second-order valence-corrected chi connectivity index (χ2v) is 5.59. The van der Waals surface area contributed by atoms with Crippen molar-refractivity contribution in [2.24, 2.45) is 0 Å². The van der Waals surface area contributed by atoms with Crippen LogP contribution in [0.4, 0.5) is 13.2 Å². The third kappa shape index (κ3) is 2.39. The average molecular weight is 315 g/mol. The summed E-state index contributed by atoms with van der Waals surface area (Å²) in [6, 6.07) is 3.31. The first kappa shape index (κ1) is 14.0. The second-order valence-electron chi connectivity index (χ2n) is 4.45. The molecule has 1 N–H and O–H groups in total. The molecule has 0 spiro atoms. The van der Waals surface area contributed by atoms with Gasteiger partial charge >= 0.3 is 12.1 Å². The molecular formula is C13H8F3NO3S. The molecule has 3 rings (SSSR count). The highest BCUT2D eigenvalue weighted by Gasteiger charge is 2.33. The molecule has 0 amide bonds. The molecule has 21 heavy (non-hydrogen) atoms. The van der Waals surface area contributed by atoms with Gasteiger partial charge in [-0.15, -0.1) is 11.8 Å². The number of hydrogen-bond donors (Lipinski definition) is 1. The van der Waals surface area contributed by atoms with Crippen molar-refractivity contribution in [3.8, 4) is 11.3 Å². The predicted octanol–water partition coefficient (Wildman–Crippen LogP) is 3.71. The van der Waals surface area contributed by atoms with Gasteiger partial charge in [-0.25, -0.2) is 4.79 Å². The fourth-order valence-corrected chi connectivity index (χ4v) is 3.24. The minimum absolute atomic E-state index is 0.182. The highest BCUT2D eigenvalue weighted by atomic mass is 32.2. The molecule has 2 heterocycles. The number of carboxylic acids is 1. The summed E-state index contributed by atoms with van der Waals surface area (Å²) in [5.41, 5.74) is -0.0532. The van der Waals surface area contributed by atoms with Crippen LogP contribution >= 0.6 is 11.8 Å². The van der Waals surface area contributed by atoms with E-state index in [-0.39, 0.29) is 11.5 Å². The minimum Gasteiger partial charge on any atom is -0.476 e. The Labute approximate surface area is 120 Å². The Kier molecular flexibility index (Phi) is 3.20. The maximum absolute atomic E-state index is 12.7. The molecule has 1 aromatic heterocycles. The lowest BCUT2D eigenvalue weighted by atomic mass is 10.0. The Morgan fingerprint density at radius 1 is 1.38 bits per heavy atom. The molecule has 2 aromatic rings. The van der Waals surface area contributed by atoms with Crippen LogP contribution in [0.3, 0.4) is 0 Å². The molecular weight excluding hydrogens is 307 g/mol. The molecule has 110 valence electrons. The predicted molar refractivity (Wildman–Crippen MR) is 68.3 cm³/mol. The number of benzene rings is 1. The van der Waals surface area contributed by atoms with Crippen molar-refractivity contribution in [2.75, 3.05) is 5.75 Å². The van der Waals surface area contributed by atoms with Gasteiger partial charge in [-0.1, -0.05) is 5.16 Å². The highest BCUT2D eigenvalue weighted by Crippen LogP contribution is 2.41. The van der Waals surface area contributed by atoms with Gasteiger partial charge < -0.3 is 9.63 Å². The van der Waals surface area contributed by atoms with E-state index in [1.165, 1.54) is 17.8 Å². The first-order valence-corrected chi connectivity index (χ1v) is 6.92. The van der Waals surface area contributed by atoms with Gasteiger partial charge in [0.1, 0.15) is 0 Å². The molecule has 1 aliphatic heterocycles.